The third-order valence-corrected chi connectivity index (χ3v) is 5.22. The average molecular weight is 322 g/mol. The van der Waals surface area contributed by atoms with Crippen molar-refractivity contribution in [2.45, 2.75) is 19.3 Å². The number of nitrogens with zero attached hydrogens (tertiary/aromatic N) is 1. The number of aromatic nitrogens is 1. The molecule has 0 aromatic carbocycles. The Kier molecular flexibility index (Phi) is 3.77. The van der Waals surface area contributed by atoms with E-state index in [0.717, 1.165) is 16.3 Å². The van der Waals surface area contributed by atoms with Crippen LogP contribution in [0.15, 0.2) is 22.2 Å². The first-order valence-corrected chi connectivity index (χ1v) is 8.38. The molecule has 0 atom stereocenters. The number of thiophene rings is 1. The van der Waals surface area contributed by atoms with Crippen LogP contribution in [0.5, 0.6) is 0 Å². The van der Waals surface area contributed by atoms with Gasteiger partial charge in [-0.05, 0) is 24.3 Å². The molecule has 1 aliphatic rings. The number of carboxylic acid groups (broad SMARTS) is 1. The predicted molar refractivity (Wildman–Crippen MR) is 81.4 cm³/mol. The van der Waals surface area contributed by atoms with Gasteiger partial charge in [-0.3, -0.25) is 9.59 Å². The van der Waals surface area contributed by atoms with E-state index in [1.165, 1.54) is 11.3 Å². The summed E-state index contributed by atoms with van der Waals surface area (Å²) in [6.07, 6.45) is 1.47. The summed E-state index contributed by atoms with van der Waals surface area (Å²) in [7, 11) is 0. The van der Waals surface area contributed by atoms with Gasteiger partial charge in [-0.15, -0.1) is 11.3 Å². The van der Waals surface area contributed by atoms with Crippen LogP contribution >= 0.6 is 22.7 Å². The van der Waals surface area contributed by atoms with Crippen LogP contribution in [0.4, 0.5) is 0 Å². The van der Waals surface area contributed by atoms with E-state index in [9.17, 15) is 9.59 Å². The molecule has 2 aromatic heterocycles. The van der Waals surface area contributed by atoms with Gasteiger partial charge in [0.25, 0.3) is 0 Å². The molecule has 1 aliphatic carbocycles. The van der Waals surface area contributed by atoms with Crippen LogP contribution in [0, 0.1) is 5.41 Å². The molecule has 0 bridgehead atoms. The molecule has 1 amide bonds. The summed E-state index contributed by atoms with van der Waals surface area (Å²) in [6, 6.07) is 2.00. The number of thiazole rings is 1. The Labute approximate surface area is 129 Å². The highest BCUT2D eigenvalue weighted by Gasteiger charge is 2.50. The lowest BCUT2D eigenvalue weighted by molar-refractivity contribution is -0.143. The van der Waals surface area contributed by atoms with Crippen molar-refractivity contribution in [3.63, 3.8) is 0 Å². The average Bonchev–Trinajstić information content (AvgIpc) is 2.88. The number of rotatable bonds is 6. The summed E-state index contributed by atoms with van der Waals surface area (Å²) in [6.45, 7) is 0.211. The summed E-state index contributed by atoms with van der Waals surface area (Å²) in [5.41, 5.74) is 1.07. The second-order valence-electron chi connectivity index (χ2n) is 5.20. The monoisotopic (exact) mass is 322 g/mol. The molecule has 2 N–H and O–H groups in total. The van der Waals surface area contributed by atoms with E-state index < -0.39 is 11.4 Å². The third kappa shape index (κ3) is 3.14. The molecule has 0 radical (unpaired) electrons. The molecule has 0 spiro atoms. The highest BCUT2D eigenvalue weighted by molar-refractivity contribution is 7.14. The number of aliphatic carboxylic acids is 1. The molecular formula is C14H14N2O3S2. The van der Waals surface area contributed by atoms with Crippen molar-refractivity contribution in [2.24, 2.45) is 5.41 Å². The Hall–Kier alpha value is -1.73. The molecular weight excluding hydrogens is 308 g/mol. The number of nitrogens with one attached hydrogen (secondary N) is 1. The van der Waals surface area contributed by atoms with E-state index in [1.807, 2.05) is 22.2 Å². The lowest BCUT2D eigenvalue weighted by atomic mass is 10.1. The van der Waals surface area contributed by atoms with Crippen molar-refractivity contribution < 1.29 is 14.7 Å². The Morgan fingerprint density at radius 1 is 1.38 bits per heavy atom. The van der Waals surface area contributed by atoms with Crippen molar-refractivity contribution in [3.8, 4) is 10.6 Å². The molecule has 2 aromatic rings. The largest absolute Gasteiger partial charge is 0.481 e. The van der Waals surface area contributed by atoms with Crippen molar-refractivity contribution in [1.29, 1.82) is 0 Å². The summed E-state index contributed by atoms with van der Waals surface area (Å²) < 4.78 is 0. The molecule has 0 unspecified atom stereocenters. The molecule has 110 valence electrons. The minimum atomic E-state index is -0.823. The molecule has 1 saturated carbocycles. The normalized spacial score (nSPS) is 15.6. The van der Waals surface area contributed by atoms with Gasteiger partial charge in [0.05, 0.1) is 17.5 Å². The van der Waals surface area contributed by atoms with E-state index in [2.05, 4.69) is 10.3 Å². The molecule has 5 nitrogen and oxygen atoms in total. The molecule has 7 heteroatoms. The summed E-state index contributed by atoms with van der Waals surface area (Å²) in [4.78, 5) is 27.3. The van der Waals surface area contributed by atoms with Crippen molar-refractivity contribution in [3.05, 3.63) is 27.9 Å². The van der Waals surface area contributed by atoms with Gasteiger partial charge in [0.15, 0.2) is 0 Å². The first-order valence-electron chi connectivity index (χ1n) is 6.56. The van der Waals surface area contributed by atoms with E-state index in [4.69, 9.17) is 5.11 Å². The Morgan fingerprint density at radius 2 is 2.19 bits per heavy atom. The fraction of sp³-hybridized carbons (Fsp3) is 0.357. The third-order valence-electron chi connectivity index (χ3n) is 3.59. The van der Waals surface area contributed by atoms with Crippen LogP contribution in [0.3, 0.4) is 0 Å². The fourth-order valence-corrected chi connectivity index (χ4v) is 3.55. The van der Waals surface area contributed by atoms with E-state index >= 15 is 0 Å². The molecule has 3 rings (SSSR count). The van der Waals surface area contributed by atoms with Crippen LogP contribution in [0.1, 0.15) is 18.5 Å². The highest BCUT2D eigenvalue weighted by atomic mass is 32.1. The molecule has 21 heavy (non-hydrogen) atoms. The second kappa shape index (κ2) is 5.57. The topological polar surface area (TPSA) is 79.3 Å². The van der Waals surface area contributed by atoms with Crippen LogP contribution < -0.4 is 5.32 Å². The number of hydrogen-bond donors (Lipinski definition) is 2. The van der Waals surface area contributed by atoms with Gasteiger partial charge in [0, 0.05) is 22.9 Å². The van der Waals surface area contributed by atoms with Crippen molar-refractivity contribution in [2.75, 3.05) is 6.54 Å². The first kappa shape index (κ1) is 14.2. The lowest BCUT2D eigenvalue weighted by Gasteiger charge is -2.10. The lowest BCUT2D eigenvalue weighted by Crippen LogP contribution is -2.35. The zero-order valence-electron chi connectivity index (χ0n) is 11.2. The maximum absolute atomic E-state index is 11.9. The van der Waals surface area contributed by atoms with E-state index in [1.54, 1.807) is 11.3 Å². The molecule has 0 saturated heterocycles. The summed E-state index contributed by atoms with van der Waals surface area (Å²) >= 11 is 3.12. The van der Waals surface area contributed by atoms with Crippen LogP contribution in [0.25, 0.3) is 10.6 Å². The maximum Gasteiger partial charge on any atom is 0.311 e. The Bertz CT molecular complexity index is 660. The van der Waals surface area contributed by atoms with Crippen LogP contribution in [-0.4, -0.2) is 28.5 Å². The number of carbonyl (C=O) groups excluding carboxylic acids is 1. The molecule has 2 heterocycles. The minimum Gasteiger partial charge on any atom is -0.481 e. The van der Waals surface area contributed by atoms with Crippen LogP contribution in [-0.2, 0) is 16.0 Å². The Balaban J connectivity index is 1.55. The smallest absolute Gasteiger partial charge is 0.311 e. The van der Waals surface area contributed by atoms with Crippen LogP contribution in [0.2, 0.25) is 0 Å². The second-order valence-corrected chi connectivity index (χ2v) is 6.83. The number of carbonyl (C=O) groups is 2. The molecule has 0 aliphatic heterocycles. The predicted octanol–water partition coefficient (Wildman–Crippen LogP) is 2.40. The fourth-order valence-electron chi connectivity index (χ4n) is 2.02. The van der Waals surface area contributed by atoms with Gasteiger partial charge < -0.3 is 10.4 Å². The number of carboxylic acids is 1. The van der Waals surface area contributed by atoms with Gasteiger partial charge in [-0.1, -0.05) is 0 Å². The van der Waals surface area contributed by atoms with E-state index in [0.29, 0.717) is 12.8 Å². The highest BCUT2D eigenvalue weighted by Crippen LogP contribution is 2.45. The maximum atomic E-state index is 11.9. The van der Waals surface area contributed by atoms with Gasteiger partial charge in [-0.2, -0.15) is 11.3 Å². The van der Waals surface area contributed by atoms with E-state index in [-0.39, 0.29) is 18.9 Å². The first-order chi connectivity index (χ1) is 10.1. The van der Waals surface area contributed by atoms with Gasteiger partial charge >= 0.3 is 5.97 Å². The molecule has 1 fully saturated rings. The summed E-state index contributed by atoms with van der Waals surface area (Å²) in [5, 5.41) is 18.5. The van der Waals surface area contributed by atoms with Gasteiger partial charge in [0.1, 0.15) is 5.01 Å². The minimum absolute atomic E-state index is 0.176. The van der Waals surface area contributed by atoms with Crippen molar-refractivity contribution in [1.82, 2.24) is 10.3 Å². The SMILES string of the molecule is O=C(Cc1csc(-c2ccsc2)n1)NCC1(C(=O)O)CC1. The van der Waals surface area contributed by atoms with Gasteiger partial charge in [0.2, 0.25) is 5.91 Å². The van der Waals surface area contributed by atoms with Gasteiger partial charge in [-0.25, -0.2) is 4.98 Å². The Morgan fingerprint density at radius 3 is 2.81 bits per heavy atom. The zero-order chi connectivity index (χ0) is 14.9. The van der Waals surface area contributed by atoms with Crippen molar-refractivity contribution >= 4 is 34.6 Å². The number of amides is 1. The number of hydrogen-bond acceptors (Lipinski definition) is 5. The zero-order valence-corrected chi connectivity index (χ0v) is 12.8. The quantitative estimate of drug-likeness (QED) is 0.856. The standard InChI is InChI=1S/C14H14N2O3S2/c17-11(15-8-14(2-3-14)13(18)19)5-10-7-21-12(16-10)9-1-4-20-6-9/h1,4,6-7H,2-3,5,8H2,(H,15,17)(H,18,19). The summed E-state index contributed by atoms with van der Waals surface area (Å²) in [5.74, 6) is -0.999.